The van der Waals surface area contributed by atoms with Gasteiger partial charge < -0.3 is 29.8 Å². The first-order valence-corrected chi connectivity index (χ1v) is 11.0. The van der Waals surface area contributed by atoms with Crippen LogP contribution in [0.4, 0.5) is 0 Å². The lowest BCUT2D eigenvalue weighted by molar-refractivity contribution is -0.123. The van der Waals surface area contributed by atoms with Crippen molar-refractivity contribution in [1.29, 1.82) is 0 Å². The van der Waals surface area contributed by atoms with Crippen LogP contribution in [0.15, 0.2) is 23.1 Å². The first-order valence-electron chi connectivity index (χ1n) is 9.65. The Hall–Kier alpha value is -2.72. The van der Waals surface area contributed by atoms with Crippen LogP contribution in [0.2, 0.25) is 0 Å². The summed E-state index contributed by atoms with van der Waals surface area (Å²) in [6.45, 7) is 2.41. The zero-order valence-electron chi connectivity index (χ0n) is 16.9. The SMILES string of the molecule is CCn1cc(C(=O)N[C@@H](CCSC)C(=O)NCCO)c(=O)c2cc3c(cc21)OCO3. The van der Waals surface area contributed by atoms with Gasteiger partial charge in [0, 0.05) is 25.4 Å². The van der Waals surface area contributed by atoms with E-state index in [4.69, 9.17) is 14.6 Å². The van der Waals surface area contributed by atoms with Crippen molar-refractivity contribution < 1.29 is 24.2 Å². The summed E-state index contributed by atoms with van der Waals surface area (Å²) in [6, 6.07) is 2.51. The Morgan fingerprint density at radius 2 is 2.03 bits per heavy atom. The van der Waals surface area contributed by atoms with Gasteiger partial charge in [0.1, 0.15) is 11.6 Å². The number of aromatic nitrogens is 1. The number of hydrogen-bond donors (Lipinski definition) is 3. The van der Waals surface area contributed by atoms with Crippen molar-refractivity contribution in [1.82, 2.24) is 15.2 Å². The van der Waals surface area contributed by atoms with Crippen molar-refractivity contribution in [2.24, 2.45) is 0 Å². The van der Waals surface area contributed by atoms with Gasteiger partial charge >= 0.3 is 0 Å². The maximum atomic E-state index is 13.1. The van der Waals surface area contributed by atoms with E-state index in [1.165, 1.54) is 6.20 Å². The van der Waals surface area contributed by atoms with E-state index in [1.807, 2.05) is 13.2 Å². The molecule has 0 fully saturated rings. The van der Waals surface area contributed by atoms with Gasteiger partial charge in [-0.05, 0) is 31.4 Å². The predicted octanol–water partition coefficient (Wildman–Crippen LogP) is 0.710. The van der Waals surface area contributed by atoms with Crippen LogP contribution in [0.5, 0.6) is 11.5 Å². The summed E-state index contributed by atoms with van der Waals surface area (Å²) < 4.78 is 12.5. The van der Waals surface area contributed by atoms with Gasteiger partial charge in [0.2, 0.25) is 18.1 Å². The van der Waals surface area contributed by atoms with E-state index in [2.05, 4.69) is 10.6 Å². The molecule has 2 amide bonds. The third-order valence-corrected chi connectivity index (χ3v) is 5.45. The second-order valence-corrected chi connectivity index (χ2v) is 7.69. The number of fused-ring (bicyclic) bond motifs is 2. The molecule has 1 aromatic heterocycles. The van der Waals surface area contributed by atoms with Crippen molar-refractivity contribution in [2.75, 3.05) is 32.0 Å². The van der Waals surface area contributed by atoms with E-state index in [0.29, 0.717) is 41.1 Å². The number of benzene rings is 1. The van der Waals surface area contributed by atoms with Crippen molar-refractivity contribution in [3.05, 3.63) is 34.1 Å². The van der Waals surface area contributed by atoms with Crippen LogP contribution in [0, 0.1) is 0 Å². The third-order valence-electron chi connectivity index (χ3n) is 4.80. The number of rotatable bonds is 9. The predicted molar refractivity (Wildman–Crippen MR) is 114 cm³/mol. The molecule has 1 aliphatic rings. The molecule has 0 saturated heterocycles. The Bertz CT molecular complexity index is 1010. The maximum absolute atomic E-state index is 13.1. The number of ether oxygens (including phenoxy) is 2. The van der Waals surface area contributed by atoms with Crippen molar-refractivity contribution in [3.63, 3.8) is 0 Å². The van der Waals surface area contributed by atoms with Crippen LogP contribution >= 0.6 is 11.8 Å². The number of aliphatic hydroxyl groups is 1. The van der Waals surface area contributed by atoms with Crippen LogP contribution in [0.25, 0.3) is 10.9 Å². The lowest BCUT2D eigenvalue weighted by Gasteiger charge is -2.18. The van der Waals surface area contributed by atoms with Crippen molar-refractivity contribution in [2.45, 2.75) is 25.9 Å². The lowest BCUT2D eigenvalue weighted by atomic mass is 10.1. The fourth-order valence-electron chi connectivity index (χ4n) is 3.25. The highest BCUT2D eigenvalue weighted by Crippen LogP contribution is 2.35. The molecule has 1 atom stereocenters. The van der Waals surface area contributed by atoms with E-state index in [9.17, 15) is 14.4 Å². The van der Waals surface area contributed by atoms with Crippen molar-refractivity contribution in [3.8, 4) is 11.5 Å². The fourth-order valence-corrected chi connectivity index (χ4v) is 3.72. The number of hydrogen-bond acceptors (Lipinski definition) is 7. The van der Waals surface area contributed by atoms with Gasteiger partial charge in [0.15, 0.2) is 11.5 Å². The van der Waals surface area contributed by atoms with Crippen LogP contribution < -0.4 is 25.5 Å². The molecule has 2 heterocycles. The second kappa shape index (κ2) is 9.86. The molecule has 1 aliphatic heterocycles. The minimum atomic E-state index is -0.807. The Morgan fingerprint density at radius 3 is 2.70 bits per heavy atom. The number of aliphatic hydroxyl groups excluding tert-OH is 1. The molecule has 0 bridgehead atoms. The van der Waals surface area contributed by atoms with Gasteiger partial charge in [-0.15, -0.1) is 0 Å². The molecular weight excluding hydrogens is 410 g/mol. The Kier molecular flexibility index (Phi) is 7.22. The quantitative estimate of drug-likeness (QED) is 0.531. The smallest absolute Gasteiger partial charge is 0.257 e. The summed E-state index contributed by atoms with van der Waals surface area (Å²) in [5.41, 5.74) is 0.153. The number of amides is 2. The number of carbonyl (C=O) groups excluding carboxylic acids is 2. The van der Waals surface area contributed by atoms with E-state index >= 15 is 0 Å². The minimum Gasteiger partial charge on any atom is -0.454 e. The Morgan fingerprint density at radius 1 is 1.30 bits per heavy atom. The molecule has 0 unspecified atom stereocenters. The largest absolute Gasteiger partial charge is 0.454 e. The van der Waals surface area contributed by atoms with Crippen LogP contribution in [0.1, 0.15) is 23.7 Å². The molecular formula is C20H25N3O6S. The first-order chi connectivity index (χ1) is 14.5. The number of pyridine rings is 1. The Labute approximate surface area is 177 Å². The fraction of sp³-hybridized carbons (Fsp3) is 0.450. The zero-order chi connectivity index (χ0) is 21.7. The summed E-state index contributed by atoms with van der Waals surface area (Å²) >= 11 is 1.54. The summed E-state index contributed by atoms with van der Waals surface area (Å²) in [5.74, 6) is 0.649. The average molecular weight is 436 g/mol. The highest BCUT2D eigenvalue weighted by molar-refractivity contribution is 7.98. The van der Waals surface area contributed by atoms with Gasteiger partial charge in [-0.25, -0.2) is 0 Å². The number of carbonyl (C=O) groups is 2. The van der Waals surface area contributed by atoms with E-state index in [-0.39, 0.29) is 25.5 Å². The monoisotopic (exact) mass is 435 g/mol. The molecule has 2 aromatic rings. The topological polar surface area (TPSA) is 119 Å². The molecule has 0 radical (unpaired) electrons. The standard InChI is InChI=1S/C20H25N3O6S/c1-3-23-10-13(18(25)12-8-16-17(9-15(12)23)29-11-28-16)19(26)22-14(4-7-30-2)20(27)21-5-6-24/h8-10,14,24H,3-7,11H2,1-2H3,(H,21,27)(H,22,26)/t14-/m0/s1. The molecule has 30 heavy (non-hydrogen) atoms. The molecule has 3 N–H and O–H groups in total. The van der Waals surface area contributed by atoms with Gasteiger partial charge in [-0.2, -0.15) is 11.8 Å². The average Bonchev–Trinajstić information content (AvgIpc) is 3.21. The van der Waals surface area contributed by atoms with E-state index in [1.54, 1.807) is 28.5 Å². The molecule has 162 valence electrons. The molecule has 0 aliphatic carbocycles. The molecule has 1 aromatic carbocycles. The number of thioether (sulfide) groups is 1. The zero-order valence-corrected chi connectivity index (χ0v) is 17.7. The van der Waals surface area contributed by atoms with Gasteiger partial charge in [0.05, 0.1) is 17.5 Å². The maximum Gasteiger partial charge on any atom is 0.257 e. The van der Waals surface area contributed by atoms with Crippen LogP contribution in [0.3, 0.4) is 0 Å². The molecule has 0 spiro atoms. The highest BCUT2D eigenvalue weighted by Gasteiger charge is 2.24. The molecule has 9 nitrogen and oxygen atoms in total. The Balaban J connectivity index is 1.95. The molecule has 0 saturated carbocycles. The highest BCUT2D eigenvalue weighted by atomic mass is 32.2. The number of aryl methyl sites for hydroxylation is 1. The normalized spacial score (nSPS) is 13.3. The summed E-state index contributed by atoms with van der Waals surface area (Å²) in [5, 5.41) is 14.5. The van der Waals surface area contributed by atoms with Crippen LogP contribution in [-0.2, 0) is 11.3 Å². The van der Waals surface area contributed by atoms with Gasteiger partial charge in [-0.3, -0.25) is 14.4 Å². The van der Waals surface area contributed by atoms with Gasteiger partial charge in [0.25, 0.3) is 5.91 Å². The minimum absolute atomic E-state index is 0.0488. The summed E-state index contributed by atoms with van der Waals surface area (Å²) in [6.07, 6.45) is 3.80. The van der Waals surface area contributed by atoms with E-state index in [0.717, 1.165) is 0 Å². The number of nitrogens with zero attached hydrogens (tertiary/aromatic N) is 1. The summed E-state index contributed by atoms with van der Waals surface area (Å²) in [7, 11) is 0. The third kappa shape index (κ3) is 4.54. The second-order valence-electron chi connectivity index (χ2n) is 6.70. The number of nitrogens with one attached hydrogen (secondary N) is 2. The summed E-state index contributed by atoms with van der Waals surface area (Å²) in [4.78, 5) is 38.4. The van der Waals surface area contributed by atoms with Gasteiger partial charge in [-0.1, -0.05) is 0 Å². The molecule has 3 rings (SSSR count). The molecule has 10 heteroatoms. The lowest BCUT2D eigenvalue weighted by Crippen LogP contribution is -2.48. The first kappa shape index (κ1) is 22.0. The van der Waals surface area contributed by atoms with Crippen molar-refractivity contribution >= 4 is 34.5 Å². The van der Waals surface area contributed by atoms with E-state index < -0.39 is 23.3 Å². The van der Waals surface area contributed by atoms with Crippen LogP contribution in [-0.4, -0.2) is 59.5 Å².